The number of carbonyl (C=O) groups excluding carboxylic acids is 1. The number of nitrogens with one attached hydrogen (secondary N) is 1. The highest BCUT2D eigenvalue weighted by Crippen LogP contribution is 2.33. The molecule has 3 rings (SSSR count). The van der Waals surface area contributed by atoms with Crippen LogP contribution in [0, 0.1) is 0 Å². The average Bonchev–Trinajstić information content (AvgIpc) is 0.760. The van der Waals surface area contributed by atoms with Gasteiger partial charge >= 0.3 is 0 Å². The molecule has 626 valence electrons. The topological polar surface area (TPSA) is 307 Å². The van der Waals surface area contributed by atoms with Crippen molar-refractivity contribution in [3.05, 3.63) is 134 Å². The lowest BCUT2D eigenvalue weighted by atomic mass is 9.96. The van der Waals surface area contributed by atoms with Gasteiger partial charge < -0.3 is 89.9 Å². The van der Waals surface area contributed by atoms with Gasteiger partial charge in [0.05, 0.1) is 38.6 Å². The van der Waals surface area contributed by atoms with Crippen molar-refractivity contribution in [2.45, 2.75) is 401 Å². The lowest BCUT2D eigenvalue weighted by Crippen LogP contribution is -2.66. The van der Waals surface area contributed by atoms with Crippen LogP contribution in [0.25, 0.3) is 0 Å². The van der Waals surface area contributed by atoms with Crippen molar-refractivity contribution in [3.8, 4) is 0 Å². The van der Waals surface area contributed by atoms with Crippen molar-refractivity contribution >= 4 is 5.91 Å². The van der Waals surface area contributed by atoms with E-state index in [1.165, 1.54) is 154 Å². The van der Waals surface area contributed by atoms with Crippen molar-refractivity contribution in [3.63, 3.8) is 0 Å². The van der Waals surface area contributed by atoms with E-state index in [2.05, 4.69) is 141 Å². The highest BCUT2D eigenvalue weighted by molar-refractivity contribution is 5.76. The molecule has 19 heteroatoms. The third kappa shape index (κ3) is 47.4. The molecule has 12 N–H and O–H groups in total. The summed E-state index contributed by atoms with van der Waals surface area (Å²) >= 11 is 0. The van der Waals surface area contributed by atoms with Crippen LogP contribution >= 0.6 is 0 Å². The first-order valence-electron chi connectivity index (χ1n) is 42.9. The zero-order valence-electron chi connectivity index (χ0n) is 67.2. The molecule has 19 nitrogen and oxygen atoms in total. The summed E-state index contributed by atoms with van der Waals surface area (Å²) in [6.45, 7) is 1.61. The number of aliphatic hydroxyl groups is 11. The molecule has 0 aromatic heterocycles. The Labute approximate surface area is 658 Å². The lowest BCUT2D eigenvalue weighted by Gasteiger charge is -2.48. The number of aliphatic hydroxyl groups excluding tert-OH is 11. The van der Waals surface area contributed by atoms with E-state index in [0.717, 1.165) is 109 Å². The van der Waals surface area contributed by atoms with Crippen molar-refractivity contribution in [2.75, 3.05) is 26.4 Å². The number of allylic oxidation sites excluding steroid dienone is 21. The van der Waals surface area contributed by atoms with Gasteiger partial charge in [0.1, 0.15) is 73.2 Å². The van der Waals surface area contributed by atoms with Gasteiger partial charge in [0.25, 0.3) is 0 Å². The van der Waals surface area contributed by atoms with Gasteiger partial charge in [0, 0.05) is 6.42 Å². The molecular weight excluding hydrogens is 1380 g/mol. The van der Waals surface area contributed by atoms with Gasteiger partial charge in [-0.05, 0) is 109 Å². The highest BCUT2D eigenvalue weighted by Gasteiger charge is 2.54. The number of rotatable bonds is 67. The zero-order chi connectivity index (χ0) is 78.8. The first kappa shape index (κ1) is 99.1. The van der Waals surface area contributed by atoms with Crippen LogP contribution in [-0.4, -0.2) is 193 Å². The monoisotopic (exact) mass is 1540 g/mol. The second kappa shape index (κ2) is 68.3. The van der Waals surface area contributed by atoms with E-state index in [4.69, 9.17) is 28.4 Å². The predicted molar refractivity (Wildman–Crippen MR) is 438 cm³/mol. The fourth-order valence-electron chi connectivity index (χ4n) is 13.6. The van der Waals surface area contributed by atoms with Crippen LogP contribution < -0.4 is 5.32 Å². The molecule has 3 saturated heterocycles. The first-order valence-corrected chi connectivity index (χ1v) is 42.9. The Morgan fingerprint density at radius 1 is 0.339 bits per heavy atom. The number of hydrogen-bond donors (Lipinski definition) is 12. The Kier molecular flexibility index (Phi) is 62.2. The van der Waals surface area contributed by atoms with E-state index < -0.39 is 124 Å². The molecular formula is C90H153NO18. The first-order chi connectivity index (χ1) is 53.3. The quantitative estimate of drug-likeness (QED) is 0.0199. The Bertz CT molecular complexity index is 2490. The summed E-state index contributed by atoms with van der Waals surface area (Å²) in [5.41, 5.74) is 0. The standard InChI is InChI=1S/C90H153NO18/c1-3-5-7-9-11-13-15-17-19-21-23-25-27-28-29-30-31-32-33-34-35-36-37-38-39-40-41-42-43-44-46-48-50-52-54-56-58-60-62-64-66-68-78(96)91-73(74(95)67-65-63-61-59-57-55-53-51-49-47-45-26-24-22-20-18-16-14-12-10-8-6-4-2)72-104-88-84(102)81(99)86(76(70-93)106-88)109-90-85(103)82(100)87(77(71-94)107-90)108-89-83(101)80(98)79(97)75(69-92)105-89/h5,7,11,13,17,19,23,25,28-29,31-32,34-35,37-38,49,51,57,59,65,67,73-77,79-90,92-95,97-103H,3-4,6,8-10,12,14-16,18,20-22,24,26-27,30,33,36,39-48,50,52-56,58,60-64,66,68-72H2,1-2H3,(H,91,96)/b7-5-,13-11-,19-17-,25-23-,29-28-,32-31-,35-34-,38-37-,51-49+,59-57+,67-65+. The summed E-state index contributed by atoms with van der Waals surface area (Å²) in [4.78, 5) is 13.5. The summed E-state index contributed by atoms with van der Waals surface area (Å²) in [7, 11) is 0. The van der Waals surface area contributed by atoms with E-state index in [1.807, 2.05) is 6.08 Å². The number of amides is 1. The maximum absolute atomic E-state index is 13.5. The van der Waals surface area contributed by atoms with Crippen molar-refractivity contribution in [1.82, 2.24) is 5.32 Å². The second-order valence-electron chi connectivity index (χ2n) is 29.9. The van der Waals surface area contributed by atoms with Crippen LogP contribution in [0.3, 0.4) is 0 Å². The van der Waals surface area contributed by atoms with Crippen LogP contribution in [0.4, 0.5) is 0 Å². The van der Waals surface area contributed by atoms with Crippen LogP contribution in [0.2, 0.25) is 0 Å². The summed E-state index contributed by atoms with van der Waals surface area (Å²) in [5, 5.41) is 121. The molecule has 3 aliphatic rings. The largest absolute Gasteiger partial charge is 0.394 e. The van der Waals surface area contributed by atoms with Crippen molar-refractivity contribution in [1.29, 1.82) is 0 Å². The molecule has 17 atom stereocenters. The highest BCUT2D eigenvalue weighted by atomic mass is 16.8. The molecule has 109 heavy (non-hydrogen) atoms. The second-order valence-corrected chi connectivity index (χ2v) is 29.9. The Morgan fingerprint density at radius 2 is 0.642 bits per heavy atom. The minimum atomic E-state index is -1.99. The van der Waals surface area contributed by atoms with Gasteiger partial charge in [-0.25, -0.2) is 0 Å². The smallest absolute Gasteiger partial charge is 0.220 e. The van der Waals surface area contributed by atoms with Gasteiger partial charge in [-0.1, -0.05) is 314 Å². The van der Waals surface area contributed by atoms with E-state index in [0.29, 0.717) is 12.8 Å². The van der Waals surface area contributed by atoms with Gasteiger partial charge in [-0.15, -0.1) is 0 Å². The molecule has 1 amide bonds. The molecule has 3 aliphatic heterocycles. The number of unbranched alkanes of at least 4 members (excludes halogenated alkanes) is 31. The number of hydrogen-bond acceptors (Lipinski definition) is 18. The van der Waals surface area contributed by atoms with Crippen molar-refractivity contribution in [2.24, 2.45) is 0 Å². The van der Waals surface area contributed by atoms with Crippen LogP contribution in [0.1, 0.15) is 296 Å². The van der Waals surface area contributed by atoms with Crippen LogP contribution in [0.15, 0.2) is 134 Å². The molecule has 0 saturated carbocycles. The molecule has 0 spiro atoms. The summed E-state index contributed by atoms with van der Waals surface area (Å²) < 4.78 is 34.4. The normalized spacial score (nSPS) is 26.0. The molecule has 0 radical (unpaired) electrons. The molecule has 0 bridgehead atoms. The zero-order valence-corrected chi connectivity index (χ0v) is 67.2. The van der Waals surface area contributed by atoms with E-state index in [1.54, 1.807) is 6.08 Å². The summed E-state index contributed by atoms with van der Waals surface area (Å²) in [6.07, 6.45) is 71.6. The van der Waals surface area contributed by atoms with Crippen molar-refractivity contribution < 1.29 is 89.4 Å². The van der Waals surface area contributed by atoms with Gasteiger partial charge in [0.15, 0.2) is 18.9 Å². The Hall–Kier alpha value is -4.07. The number of carbonyl (C=O) groups is 1. The lowest BCUT2D eigenvalue weighted by molar-refractivity contribution is -0.379. The molecule has 3 heterocycles. The van der Waals surface area contributed by atoms with E-state index in [9.17, 15) is 61.0 Å². The SMILES string of the molecule is CC/C=C\C/C=C\C/C=C\C/C=C\C/C=C\C/C=C\C/C=C\C/C=C\CCCCCCCCCCCCCCCCCCC(=O)NC(COC1OC(CO)C(OC2OC(CO)C(OC3OC(CO)C(O)C(O)C3O)C(O)C2O)C(O)C1O)C(O)/C=C/CC/C=C/CC/C=C/CCCCCCCCCCCCCCC. The molecule has 0 aromatic rings. The fraction of sp³-hybridized carbons (Fsp3) is 0.744. The number of ether oxygens (including phenoxy) is 6. The minimum Gasteiger partial charge on any atom is -0.394 e. The van der Waals surface area contributed by atoms with E-state index in [-0.39, 0.29) is 18.9 Å². The third-order valence-electron chi connectivity index (χ3n) is 20.4. The van der Waals surface area contributed by atoms with E-state index >= 15 is 0 Å². The van der Waals surface area contributed by atoms with Gasteiger partial charge in [-0.2, -0.15) is 0 Å². The Morgan fingerprint density at radius 3 is 1.03 bits per heavy atom. The van der Waals surface area contributed by atoms with Crippen LogP contribution in [0.5, 0.6) is 0 Å². The molecule has 17 unspecified atom stereocenters. The average molecular weight is 1540 g/mol. The predicted octanol–water partition coefficient (Wildman–Crippen LogP) is 15.6. The maximum Gasteiger partial charge on any atom is 0.220 e. The Balaban J connectivity index is 1.33. The van der Waals surface area contributed by atoms with Gasteiger partial charge in [-0.3, -0.25) is 4.79 Å². The minimum absolute atomic E-state index is 0.226. The molecule has 0 aromatic carbocycles. The third-order valence-corrected chi connectivity index (χ3v) is 20.4. The van der Waals surface area contributed by atoms with Gasteiger partial charge in [0.2, 0.25) is 5.91 Å². The van der Waals surface area contributed by atoms with Crippen LogP contribution in [-0.2, 0) is 33.2 Å². The summed E-state index contributed by atoms with van der Waals surface area (Å²) in [5.74, 6) is -0.291. The maximum atomic E-state index is 13.5. The molecule has 0 aliphatic carbocycles. The summed E-state index contributed by atoms with van der Waals surface area (Å²) in [6, 6.07) is -1.01. The molecule has 3 fully saturated rings. The fourth-order valence-corrected chi connectivity index (χ4v) is 13.6.